The number of aryl methyl sites for hydroxylation is 2. The molecule has 2 amide bonds. The summed E-state index contributed by atoms with van der Waals surface area (Å²) in [5.74, 6) is -0.849. The molecule has 7 heteroatoms. The van der Waals surface area contributed by atoms with E-state index in [1.54, 1.807) is 24.0 Å². The fourth-order valence-electron chi connectivity index (χ4n) is 3.51. The zero-order chi connectivity index (χ0) is 23.3. The summed E-state index contributed by atoms with van der Waals surface area (Å²) in [5.41, 5.74) is 5.22. The van der Waals surface area contributed by atoms with Gasteiger partial charge in [-0.2, -0.15) is 0 Å². The van der Waals surface area contributed by atoms with Gasteiger partial charge in [0.1, 0.15) is 11.5 Å². The maximum absolute atomic E-state index is 13.6. The number of urea groups is 1. The third kappa shape index (κ3) is 5.55. The molecule has 0 aliphatic rings. The van der Waals surface area contributed by atoms with Crippen LogP contribution >= 0.6 is 0 Å². The van der Waals surface area contributed by atoms with E-state index in [4.69, 9.17) is 4.74 Å². The number of carbonyl (C=O) groups is 2. The molecule has 2 N–H and O–H groups in total. The van der Waals surface area contributed by atoms with E-state index in [-0.39, 0.29) is 19.2 Å². The third-order valence-corrected chi connectivity index (χ3v) is 5.28. The number of amides is 2. The lowest BCUT2D eigenvalue weighted by Gasteiger charge is -2.24. The number of aromatic amines is 1. The zero-order valence-electron chi connectivity index (χ0n) is 18.8. The van der Waals surface area contributed by atoms with Crippen LogP contribution < -0.4 is 5.32 Å². The second-order valence-corrected chi connectivity index (χ2v) is 7.73. The van der Waals surface area contributed by atoms with Crippen molar-refractivity contribution in [3.8, 4) is 0 Å². The molecule has 1 heterocycles. The van der Waals surface area contributed by atoms with Gasteiger partial charge in [0.05, 0.1) is 6.61 Å². The minimum atomic E-state index is -0.427. The van der Waals surface area contributed by atoms with Gasteiger partial charge in [-0.25, -0.2) is 14.0 Å². The topological polar surface area (TPSA) is 74.4 Å². The van der Waals surface area contributed by atoms with E-state index < -0.39 is 11.8 Å². The number of hydrogen-bond acceptors (Lipinski definition) is 3. The number of rotatable bonds is 7. The van der Waals surface area contributed by atoms with Crippen LogP contribution in [0.4, 0.5) is 14.9 Å². The van der Waals surface area contributed by atoms with Crippen LogP contribution in [-0.2, 0) is 17.8 Å². The lowest BCUT2D eigenvalue weighted by atomic mass is 10.1. The van der Waals surface area contributed by atoms with Gasteiger partial charge in [-0.3, -0.25) is 0 Å². The van der Waals surface area contributed by atoms with Crippen LogP contribution in [0.3, 0.4) is 0 Å². The van der Waals surface area contributed by atoms with E-state index >= 15 is 0 Å². The van der Waals surface area contributed by atoms with Crippen molar-refractivity contribution in [3.63, 3.8) is 0 Å². The fourth-order valence-corrected chi connectivity index (χ4v) is 3.51. The van der Waals surface area contributed by atoms with Crippen LogP contribution in [0.5, 0.6) is 0 Å². The van der Waals surface area contributed by atoms with Gasteiger partial charge in [0.25, 0.3) is 0 Å². The van der Waals surface area contributed by atoms with Crippen LogP contribution in [-0.4, -0.2) is 28.5 Å². The van der Waals surface area contributed by atoms with Gasteiger partial charge in [-0.15, -0.1) is 0 Å². The molecule has 3 aromatic rings. The molecule has 1 aromatic heterocycles. The molecule has 0 bridgehead atoms. The van der Waals surface area contributed by atoms with Crippen molar-refractivity contribution in [2.24, 2.45) is 0 Å². The summed E-state index contributed by atoms with van der Waals surface area (Å²) in [6, 6.07) is 13.3. The van der Waals surface area contributed by atoms with Crippen molar-refractivity contribution in [1.82, 2.24) is 9.88 Å². The molecule has 0 saturated heterocycles. The number of ether oxygens (including phenoxy) is 1. The molecule has 6 nitrogen and oxygen atoms in total. The van der Waals surface area contributed by atoms with Gasteiger partial charge in [-0.05, 0) is 62.6 Å². The van der Waals surface area contributed by atoms with Gasteiger partial charge in [0, 0.05) is 24.5 Å². The number of nitrogens with one attached hydrogen (secondary N) is 2. The van der Waals surface area contributed by atoms with Gasteiger partial charge in [0.2, 0.25) is 0 Å². The number of anilines is 1. The molecule has 2 aromatic carbocycles. The first-order valence-electron chi connectivity index (χ1n) is 10.5. The van der Waals surface area contributed by atoms with Crippen molar-refractivity contribution in [3.05, 3.63) is 88.0 Å². The van der Waals surface area contributed by atoms with Crippen LogP contribution in [0.15, 0.2) is 48.5 Å². The lowest BCUT2D eigenvalue weighted by Crippen LogP contribution is -2.34. The Balaban J connectivity index is 1.89. The Hall–Kier alpha value is -3.61. The smallest absolute Gasteiger partial charge is 0.355 e. The Bertz CT molecular complexity index is 1110. The number of H-pyrrole nitrogens is 1. The molecule has 0 radical (unpaired) electrons. The molecule has 0 aliphatic heterocycles. The second kappa shape index (κ2) is 10.1. The second-order valence-electron chi connectivity index (χ2n) is 7.73. The molecule has 0 spiro atoms. The molecule has 168 valence electrons. The van der Waals surface area contributed by atoms with Crippen LogP contribution in [0, 0.1) is 26.6 Å². The summed E-state index contributed by atoms with van der Waals surface area (Å²) in [6.45, 7) is 8.34. The molecular weight excluding hydrogens is 409 g/mol. The first-order chi connectivity index (χ1) is 15.3. The van der Waals surface area contributed by atoms with E-state index in [0.29, 0.717) is 17.9 Å². The summed E-state index contributed by atoms with van der Waals surface area (Å²) in [5, 5.41) is 2.77. The maximum atomic E-state index is 13.6. The maximum Gasteiger partial charge on any atom is 0.355 e. The predicted molar refractivity (Wildman–Crippen MR) is 122 cm³/mol. The number of halogens is 1. The number of hydrogen-bond donors (Lipinski definition) is 2. The number of nitrogens with zero attached hydrogens (tertiary/aromatic N) is 1. The van der Waals surface area contributed by atoms with Crippen molar-refractivity contribution in [2.75, 3.05) is 11.9 Å². The first-order valence-corrected chi connectivity index (χ1v) is 10.5. The van der Waals surface area contributed by atoms with Gasteiger partial charge in [-0.1, -0.05) is 35.9 Å². The van der Waals surface area contributed by atoms with Gasteiger partial charge >= 0.3 is 12.0 Å². The summed E-state index contributed by atoms with van der Waals surface area (Å²) >= 11 is 0. The fraction of sp³-hybridized carbons (Fsp3) is 0.280. The van der Waals surface area contributed by atoms with E-state index in [1.165, 1.54) is 12.1 Å². The van der Waals surface area contributed by atoms with Crippen LogP contribution in [0.2, 0.25) is 0 Å². The van der Waals surface area contributed by atoms with Crippen LogP contribution in [0.1, 0.15) is 45.4 Å². The summed E-state index contributed by atoms with van der Waals surface area (Å²) in [6.07, 6.45) is 0. The molecule has 0 atom stereocenters. The summed E-state index contributed by atoms with van der Waals surface area (Å²) in [4.78, 5) is 30.1. The zero-order valence-corrected chi connectivity index (χ0v) is 18.8. The molecular formula is C25H28FN3O3. The monoisotopic (exact) mass is 437 g/mol. The highest BCUT2D eigenvalue weighted by atomic mass is 19.1. The van der Waals surface area contributed by atoms with E-state index in [0.717, 1.165) is 27.9 Å². The average Bonchev–Trinajstić information content (AvgIpc) is 3.03. The quantitative estimate of drug-likeness (QED) is 0.480. The average molecular weight is 438 g/mol. The van der Waals surface area contributed by atoms with Crippen molar-refractivity contribution >= 4 is 17.7 Å². The Morgan fingerprint density at radius 3 is 2.44 bits per heavy atom. The largest absolute Gasteiger partial charge is 0.461 e. The Morgan fingerprint density at radius 2 is 1.78 bits per heavy atom. The lowest BCUT2D eigenvalue weighted by molar-refractivity contribution is 0.0519. The van der Waals surface area contributed by atoms with E-state index in [9.17, 15) is 14.0 Å². The number of benzene rings is 2. The van der Waals surface area contributed by atoms with Gasteiger partial charge in [0.15, 0.2) is 0 Å². The SMILES string of the molecule is CCOC(=O)c1[nH]c(C)c(CN(Cc2ccc(C)cc2)C(=O)Nc2cccc(F)c2)c1C. The molecule has 32 heavy (non-hydrogen) atoms. The minimum Gasteiger partial charge on any atom is -0.461 e. The van der Waals surface area contributed by atoms with E-state index in [2.05, 4.69) is 10.3 Å². The number of esters is 1. The Labute approximate surface area is 187 Å². The highest BCUT2D eigenvalue weighted by molar-refractivity contribution is 5.91. The molecule has 0 fully saturated rings. The Kier molecular flexibility index (Phi) is 7.30. The third-order valence-electron chi connectivity index (χ3n) is 5.28. The number of aromatic nitrogens is 1. The molecule has 0 saturated carbocycles. The summed E-state index contributed by atoms with van der Waals surface area (Å²) in [7, 11) is 0. The van der Waals surface area contributed by atoms with E-state index in [1.807, 2.05) is 45.0 Å². The predicted octanol–water partition coefficient (Wildman–Crippen LogP) is 5.49. The highest BCUT2D eigenvalue weighted by Gasteiger charge is 2.22. The standard InChI is InChI=1S/C25H28FN3O3/c1-5-32-24(30)23-17(3)22(18(4)27-23)15-29(14-19-11-9-16(2)10-12-19)25(31)28-21-8-6-7-20(26)13-21/h6-13,27H,5,14-15H2,1-4H3,(H,28,31). The first kappa shape index (κ1) is 23.1. The van der Waals surface area contributed by atoms with Crippen molar-refractivity contribution < 1.29 is 18.7 Å². The highest BCUT2D eigenvalue weighted by Crippen LogP contribution is 2.23. The molecule has 0 unspecified atom stereocenters. The van der Waals surface area contributed by atoms with Crippen LogP contribution in [0.25, 0.3) is 0 Å². The van der Waals surface area contributed by atoms with Crippen molar-refractivity contribution in [1.29, 1.82) is 0 Å². The van der Waals surface area contributed by atoms with Crippen molar-refractivity contribution in [2.45, 2.75) is 40.8 Å². The van der Waals surface area contributed by atoms with Gasteiger partial charge < -0.3 is 19.9 Å². The molecule has 3 rings (SSSR count). The normalized spacial score (nSPS) is 10.7. The minimum absolute atomic E-state index is 0.266. The Morgan fingerprint density at radius 1 is 1.06 bits per heavy atom. The molecule has 0 aliphatic carbocycles. The summed E-state index contributed by atoms with van der Waals surface area (Å²) < 4.78 is 18.7. The number of carbonyl (C=O) groups excluding carboxylic acids is 2.